The minimum Gasteiger partial charge on any atom is -0.463 e. The van der Waals surface area contributed by atoms with E-state index >= 15 is 0 Å². The smallest absolute Gasteiger partial charge is 0.302 e. The molecule has 6 nitrogen and oxygen atoms in total. The quantitative estimate of drug-likeness (QED) is 0.641. The predicted octanol–water partition coefficient (Wildman–Crippen LogP) is 0.0524. The molecular weight excluding hydrogens is 216 g/mol. The lowest BCUT2D eigenvalue weighted by Crippen LogP contribution is -2.42. The molecule has 0 aromatic heterocycles. The Morgan fingerprint density at radius 2 is 1.88 bits per heavy atom. The van der Waals surface area contributed by atoms with Crippen LogP contribution in [0.15, 0.2) is 0 Å². The maximum Gasteiger partial charge on any atom is 0.302 e. The van der Waals surface area contributed by atoms with Crippen LogP contribution in [0.4, 0.5) is 0 Å². The van der Waals surface area contributed by atoms with Crippen molar-refractivity contribution >= 4 is 5.97 Å². The minimum absolute atomic E-state index is 0.0356. The third kappa shape index (κ3) is 2.52. The van der Waals surface area contributed by atoms with Gasteiger partial charge in [-0.3, -0.25) is 4.79 Å². The van der Waals surface area contributed by atoms with E-state index in [0.717, 1.165) is 0 Å². The summed E-state index contributed by atoms with van der Waals surface area (Å²) in [5.74, 6) is -0.328. The first-order chi connectivity index (χ1) is 7.68. The molecule has 0 aromatic rings. The molecule has 0 unspecified atom stereocenters. The average Bonchev–Trinajstić information content (AvgIpc) is 2.82. The fraction of sp³-hybridized carbons (Fsp3) is 0.900. The van der Waals surface area contributed by atoms with E-state index in [2.05, 4.69) is 0 Å². The fourth-order valence-electron chi connectivity index (χ4n) is 1.87. The van der Waals surface area contributed by atoms with Crippen molar-refractivity contribution in [3.8, 4) is 0 Å². The molecule has 16 heavy (non-hydrogen) atoms. The number of hydrogen-bond donors (Lipinski definition) is 0. The van der Waals surface area contributed by atoms with Gasteiger partial charge in [0.25, 0.3) is 0 Å². The van der Waals surface area contributed by atoms with Crippen LogP contribution in [0.3, 0.4) is 0 Å². The largest absolute Gasteiger partial charge is 0.463 e. The Hall–Kier alpha value is -0.690. The summed E-state index contributed by atoms with van der Waals surface area (Å²) in [4.78, 5) is 10.7. The Morgan fingerprint density at radius 3 is 2.50 bits per heavy atom. The molecule has 2 aliphatic heterocycles. The molecule has 0 aliphatic carbocycles. The first-order valence-corrected chi connectivity index (χ1v) is 5.28. The van der Waals surface area contributed by atoms with Gasteiger partial charge in [0.1, 0.15) is 38.5 Å². The van der Waals surface area contributed by atoms with Crippen LogP contribution in [0.1, 0.15) is 13.8 Å². The van der Waals surface area contributed by atoms with E-state index in [9.17, 15) is 4.79 Å². The summed E-state index contributed by atoms with van der Waals surface area (Å²) in [5, 5.41) is 0. The van der Waals surface area contributed by atoms with Crippen molar-refractivity contribution in [1.82, 2.24) is 0 Å². The van der Waals surface area contributed by atoms with Crippen LogP contribution < -0.4 is 0 Å². The normalized spacial score (nSPS) is 38.9. The molecule has 0 aromatic carbocycles. The standard InChI is InChI=1S/C10H16O6/c1-6-9(15-4-13-6)10-8(14-5-16-10)3-12-7(2)11/h6,8-10H,3-5H2,1-2H3/t6-,8+,9+,10+/m1/s1. The van der Waals surface area contributed by atoms with Gasteiger partial charge in [0.15, 0.2) is 0 Å². The highest BCUT2D eigenvalue weighted by Crippen LogP contribution is 2.25. The van der Waals surface area contributed by atoms with Crippen molar-refractivity contribution in [3.05, 3.63) is 0 Å². The van der Waals surface area contributed by atoms with Crippen molar-refractivity contribution in [3.63, 3.8) is 0 Å². The van der Waals surface area contributed by atoms with E-state index in [1.165, 1.54) is 6.92 Å². The minimum atomic E-state index is -0.328. The van der Waals surface area contributed by atoms with Crippen LogP contribution in [0, 0.1) is 0 Å². The topological polar surface area (TPSA) is 63.2 Å². The van der Waals surface area contributed by atoms with Gasteiger partial charge in [-0.15, -0.1) is 0 Å². The Morgan fingerprint density at radius 1 is 1.19 bits per heavy atom. The fourth-order valence-corrected chi connectivity index (χ4v) is 1.87. The van der Waals surface area contributed by atoms with E-state index in [-0.39, 0.29) is 50.6 Å². The molecule has 2 rings (SSSR count). The number of esters is 1. The molecule has 4 atom stereocenters. The van der Waals surface area contributed by atoms with Crippen molar-refractivity contribution in [1.29, 1.82) is 0 Å². The summed E-state index contributed by atoms with van der Waals surface area (Å²) < 4.78 is 26.4. The Kier molecular flexibility index (Phi) is 3.75. The Labute approximate surface area is 93.7 Å². The molecule has 0 spiro atoms. The van der Waals surface area contributed by atoms with Crippen LogP contribution >= 0.6 is 0 Å². The predicted molar refractivity (Wildman–Crippen MR) is 51.5 cm³/mol. The second kappa shape index (κ2) is 5.09. The summed E-state index contributed by atoms with van der Waals surface area (Å²) in [6, 6.07) is 0. The van der Waals surface area contributed by atoms with Gasteiger partial charge in [0.2, 0.25) is 0 Å². The van der Waals surface area contributed by atoms with Crippen LogP contribution in [-0.2, 0) is 28.5 Å². The Balaban J connectivity index is 1.89. The van der Waals surface area contributed by atoms with Gasteiger partial charge in [0, 0.05) is 6.92 Å². The third-order valence-electron chi connectivity index (χ3n) is 2.74. The molecule has 2 fully saturated rings. The molecule has 6 heteroatoms. The number of carbonyl (C=O) groups excluding carboxylic acids is 1. The molecule has 92 valence electrons. The molecule has 2 heterocycles. The monoisotopic (exact) mass is 232 g/mol. The van der Waals surface area contributed by atoms with Crippen LogP contribution in [0.25, 0.3) is 0 Å². The van der Waals surface area contributed by atoms with E-state index in [1.807, 2.05) is 6.92 Å². The van der Waals surface area contributed by atoms with Crippen LogP contribution in [0.5, 0.6) is 0 Å². The first-order valence-electron chi connectivity index (χ1n) is 5.28. The maximum atomic E-state index is 10.7. The van der Waals surface area contributed by atoms with E-state index in [4.69, 9.17) is 23.7 Å². The highest BCUT2D eigenvalue weighted by Gasteiger charge is 2.42. The average molecular weight is 232 g/mol. The molecule has 2 aliphatic rings. The molecule has 0 bridgehead atoms. The zero-order chi connectivity index (χ0) is 11.5. The van der Waals surface area contributed by atoms with Gasteiger partial charge >= 0.3 is 5.97 Å². The van der Waals surface area contributed by atoms with Gasteiger partial charge in [0.05, 0.1) is 6.10 Å². The summed E-state index contributed by atoms with van der Waals surface area (Å²) in [5.41, 5.74) is 0. The molecule has 0 saturated carbocycles. The number of carbonyl (C=O) groups is 1. The third-order valence-corrected chi connectivity index (χ3v) is 2.74. The van der Waals surface area contributed by atoms with Gasteiger partial charge < -0.3 is 23.7 Å². The second-order valence-corrected chi connectivity index (χ2v) is 3.88. The Bertz CT molecular complexity index is 256. The van der Waals surface area contributed by atoms with E-state index in [1.54, 1.807) is 0 Å². The van der Waals surface area contributed by atoms with E-state index in [0.29, 0.717) is 0 Å². The molecule has 2 saturated heterocycles. The zero-order valence-corrected chi connectivity index (χ0v) is 9.38. The summed E-state index contributed by atoms with van der Waals surface area (Å²) in [6.07, 6.45) is -0.718. The van der Waals surface area contributed by atoms with Crippen LogP contribution in [0.2, 0.25) is 0 Å². The highest BCUT2D eigenvalue weighted by atomic mass is 16.8. The van der Waals surface area contributed by atoms with E-state index < -0.39 is 0 Å². The van der Waals surface area contributed by atoms with Gasteiger partial charge in [-0.2, -0.15) is 0 Å². The number of rotatable bonds is 3. The lowest BCUT2D eigenvalue weighted by Gasteiger charge is -2.23. The molecule has 0 amide bonds. The first kappa shape index (κ1) is 11.8. The number of ether oxygens (including phenoxy) is 5. The second-order valence-electron chi connectivity index (χ2n) is 3.88. The zero-order valence-electron chi connectivity index (χ0n) is 9.38. The molecule has 0 radical (unpaired) electrons. The summed E-state index contributed by atoms with van der Waals surface area (Å²) in [7, 11) is 0. The molecular formula is C10H16O6. The SMILES string of the molecule is CC(=O)OC[C@@H]1OCO[C@@H]1[C@H]1OCO[C@@H]1C. The highest BCUT2D eigenvalue weighted by molar-refractivity contribution is 5.65. The van der Waals surface area contributed by atoms with Crippen molar-refractivity contribution in [2.75, 3.05) is 20.2 Å². The van der Waals surface area contributed by atoms with Crippen molar-refractivity contribution in [2.45, 2.75) is 38.3 Å². The maximum absolute atomic E-state index is 10.7. The summed E-state index contributed by atoms with van der Waals surface area (Å²) in [6.45, 7) is 3.94. The van der Waals surface area contributed by atoms with Gasteiger partial charge in [-0.05, 0) is 6.92 Å². The molecule has 0 N–H and O–H groups in total. The van der Waals surface area contributed by atoms with Gasteiger partial charge in [-0.25, -0.2) is 0 Å². The lowest BCUT2D eigenvalue weighted by molar-refractivity contribution is -0.145. The van der Waals surface area contributed by atoms with Crippen molar-refractivity contribution < 1.29 is 28.5 Å². The number of hydrogen-bond acceptors (Lipinski definition) is 6. The van der Waals surface area contributed by atoms with Crippen molar-refractivity contribution in [2.24, 2.45) is 0 Å². The summed E-state index contributed by atoms with van der Waals surface area (Å²) >= 11 is 0. The van der Waals surface area contributed by atoms with Gasteiger partial charge in [-0.1, -0.05) is 0 Å². The van der Waals surface area contributed by atoms with Crippen LogP contribution in [-0.4, -0.2) is 50.6 Å². The lowest BCUT2D eigenvalue weighted by atomic mass is 10.0.